The van der Waals surface area contributed by atoms with Gasteiger partial charge in [-0.05, 0) is 30.0 Å². The first-order chi connectivity index (χ1) is 13.5. The molecule has 0 saturated carbocycles. The van der Waals surface area contributed by atoms with Gasteiger partial charge >= 0.3 is 0 Å². The summed E-state index contributed by atoms with van der Waals surface area (Å²) in [6, 6.07) is 7.47. The number of ether oxygens (including phenoxy) is 1. The predicted molar refractivity (Wildman–Crippen MR) is 106 cm³/mol. The number of hydrogen-bond acceptors (Lipinski definition) is 7. The van der Waals surface area contributed by atoms with Crippen LogP contribution in [0.3, 0.4) is 0 Å². The number of halogens is 1. The highest BCUT2D eigenvalue weighted by Gasteiger charge is 2.27. The van der Waals surface area contributed by atoms with E-state index >= 15 is 0 Å². The van der Waals surface area contributed by atoms with Crippen LogP contribution in [-0.2, 0) is 9.53 Å². The number of rotatable bonds is 3. The first-order valence-corrected chi connectivity index (χ1v) is 9.60. The van der Waals surface area contributed by atoms with Gasteiger partial charge in [0.2, 0.25) is 0 Å². The fourth-order valence-electron chi connectivity index (χ4n) is 2.81. The molecule has 2 aliphatic rings. The Kier molecular flexibility index (Phi) is 5.21. The Bertz CT molecular complexity index is 1010. The molecule has 0 N–H and O–H groups in total. The normalized spacial score (nSPS) is 18.6. The van der Waals surface area contributed by atoms with Crippen molar-refractivity contribution in [3.05, 3.63) is 56.1 Å². The number of furan rings is 1. The van der Waals surface area contributed by atoms with Crippen molar-refractivity contribution in [1.29, 1.82) is 0 Å². The average Bonchev–Trinajstić information content (AvgIpc) is 3.30. The fraction of sp³-hybridized carbons (Fsp3) is 0.222. The molecule has 0 atom stereocenters. The van der Waals surface area contributed by atoms with E-state index in [4.69, 9.17) is 20.8 Å². The van der Waals surface area contributed by atoms with Crippen LogP contribution in [0.25, 0.3) is 17.4 Å². The molecule has 0 spiro atoms. The van der Waals surface area contributed by atoms with E-state index in [0.29, 0.717) is 58.5 Å². The maximum atomic E-state index is 12.2. The minimum absolute atomic E-state index is 0.0826. The molecule has 1 amide bonds. The summed E-state index contributed by atoms with van der Waals surface area (Å²) in [7, 11) is 0. The molecule has 0 bridgehead atoms. The van der Waals surface area contributed by atoms with Gasteiger partial charge in [-0.15, -0.1) is 0 Å². The SMILES string of the molecule is O=C1N=C(N2CCOCC2)S/C1=C\c1ccc(-c2cc([N+](=O)[O-])ccc2Cl)o1. The van der Waals surface area contributed by atoms with Crippen LogP contribution in [0.5, 0.6) is 0 Å². The summed E-state index contributed by atoms with van der Waals surface area (Å²) >= 11 is 7.44. The molecule has 2 aliphatic heterocycles. The Morgan fingerprint density at radius 1 is 1.25 bits per heavy atom. The van der Waals surface area contributed by atoms with Gasteiger partial charge in [0.25, 0.3) is 11.6 Å². The minimum atomic E-state index is -0.496. The lowest BCUT2D eigenvalue weighted by molar-refractivity contribution is -0.384. The van der Waals surface area contributed by atoms with Gasteiger partial charge in [0.05, 0.1) is 28.1 Å². The summed E-state index contributed by atoms with van der Waals surface area (Å²) in [5.74, 6) is 0.495. The molecule has 1 aromatic carbocycles. The third-order valence-electron chi connectivity index (χ3n) is 4.22. The van der Waals surface area contributed by atoms with E-state index in [1.54, 1.807) is 18.2 Å². The number of nitro benzene ring substituents is 1. The number of amides is 1. The summed E-state index contributed by atoms with van der Waals surface area (Å²) in [5.41, 5.74) is 0.331. The molecule has 10 heteroatoms. The lowest BCUT2D eigenvalue weighted by Crippen LogP contribution is -2.38. The van der Waals surface area contributed by atoms with Crippen molar-refractivity contribution >= 4 is 46.2 Å². The number of nitrogens with zero attached hydrogens (tertiary/aromatic N) is 3. The van der Waals surface area contributed by atoms with Crippen molar-refractivity contribution in [3.63, 3.8) is 0 Å². The third-order valence-corrected chi connectivity index (χ3v) is 5.59. The summed E-state index contributed by atoms with van der Waals surface area (Å²) < 4.78 is 11.1. The second-order valence-corrected chi connectivity index (χ2v) is 7.45. The number of amidine groups is 1. The number of aliphatic imine (C=N–C) groups is 1. The number of non-ortho nitro benzene ring substituents is 1. The molecule has 3 heterocycles. The number of benzene rings is 1. The number of carbonyl (C=O) groups excluding carboxylic acids is 1. The molecule has 0 aliphatic carbocycles. The molecule has 28 heavy (non-hydrogen) atoms. The van der Waals surface area contributed by atoms with Crippen LogP contribution < -0.4 is 0 Å². The lowest BCUT2D eigenvalue weighted by atomic mass is 10.1. The summed E-state index contributed by atoms with van der Waals surface area (Å²) in [4.78, 5) is 29.3. The van der Waals surface area contributed by atoms with Gasteiger partial charge in [0.15, 0.2) is 5.17 Å². The van der Waals surface area contributed by atoms with Gasteiger partial charge in [0, 0.05) is 36.9 Å². The van der Waals surface area contributed by atoms with Gasteiger partial charge in [-0.2, -0.15) is 4.99 Å². The highest BCUT2D eigenvalue weighted by molar-refractivity contribution is 8.18. The van der Waals surface area contributed by atoms with Gasteiger partial charge < -0.3 is 14.1 Å². The van der Waals surface area contributed by atoms with Crippen LogP contribution in [-0.4, -0.2) is 47.2 Å². The van der Waals surface area contributed by atoms with Crippen molar-refractivity contribution in [1.82, 2.24) is 4.90 Å². The topological polar surface area (TPSA) is 98.2 Å². The molecule has 8 nitrogen and oxygen atoms in total. The molecule has 1 aromatic heterocycles. The zero-order valence-corrected chi connectivity index (χ0v) is 16.0. The number of carbonyl (C=O) groups is 1. The Labute approximate surface area is 169 Å². The highest BCUT2D eigenvalue weighted by atomic mass is 35.5. The molecule has 0 radical (unpaired) electrons. The standard InChI is InChI=1S/C18H14ClN3O5S/c19-14-3-1-11(22(24)25)9-13(14)15-4-2-12(27-15)10-16-17(23)20-18(28-16)21-5-7-26-8-6-21/h1-4,9-10H,5-8H2/b16-10-. The van der Waals surface area contributed by atoms with Crippen LogP contribution in [0.2, 0.25) is 5.02 Å². The number of morpholine rings is 1. The predicted octanol–water partition coefficient (Wildman–Crippen LogP) is 3.81. The van der Waals surface area contributed by atoms with Crippen molar-refractivity contribution in [2.24, 2.45) is 4.99 Å². The first-order valence-electron chi connectivity index (χ1n) is 8.41. The van der Waals surface area contributed by atoms with Crippen molar-refractivity contribution in [2.45, 2.75) is 0 Å². The zero-order valence-electron chi connectivity index (χ0n) is 14.5. The lowest BCUT2D eigenvalue weighted by Gasteiger charge is -2.27. The van der Waals surface area contributed by atoms with Crippen molar-refractivity contribution in [3.8, 4) is 11.3 Å². The van der Waals surface area contributed by atoms with E-state index in [-0.39, 0.29) is 11.6 Å². The zero-order chi connectivity index (χ0) is 19.7. The Hall–Kier alpha value is -2.62. The molecule has 1 fully saturated rings. The van der Waals surface area contributed by atoms with Gasteiger partial charge in [0.1, 0.15) is 11.5 Å². The molecule has 1 saturated heterocycles. The molecule has 144 valence electrons. The molecular weight excluding hydrogens is 406 g/mol. The van der Waals surface area contributed by atoms with Crippen LogP contribution in [0, 0.1) is 10.1 Å². The highest BCUT2D eigenvalue weighted by Crippen LogP contribution is 2.35. The Morgan fingerprint density at radius 2 is 2.04 bits per heavy atom. The number of nitro groups is 1. The van der Waals surface area contributed by atoms with Gasteiger partial charge in [-0.1, -0.05) is 11.6 Å². The van der Waals surface area contributed by atoms with Crippen molar-refractivity contribution < 1.29 is 18.9 Å². The summed E-state index contributed by atoms with van der Waals surface area (Å²) in [5, 5.41) is 12.0. The largest absolute Gasteiger partial charge is 0.457 e. The Morgan fingerprint density at radius 3 is 2.79 bits per heavy atom. The fourth-order valence-corrected chi connectivity index (χ4v) is 3.96. The smallest absolute Gasteiger partial charge is 0.286 e. The van der Waals surface area contributed by atoms with E-state index in [9.17, 15) is 14.9 Å². The number of hydrogen-bond donors (Lipinski definition) is 0. The maximum Gasteiger partial charge on any atom is 0.286 e. The van der Waals surface area contributed by atoms with Gasteiger partial charge in [-0.3, -0.25) is 14.9 Å². The van der Waals surface area contributed by atoms with E-state index in [1.165, 1.54) is 30.0 Å². The van der Waals surface area contributed by atoms with Crippen LogP contribution in [0.15, 0.2) is 44.6 Å². The molecule has 2 aromatic rings. The second kappa shape index (κ2) is 7.78. The average molecular weight is 420 g/mol. The summed E-state index contributed by atoms with van der Waals surface area (Å²) in [6.45, 7) is 2.61. The molecular formula is C18H14ClN3O5S. The molecule has 0 unspecified atom stereocenters. The van der Waals surface area contributed by atoms with Crippen molar-refractivity contribution in [2.75, 3.05) is 26.3 Å². The third kappa shape index (κ3) is 3.82. The van der Waals surface area contributed by atoms with Crippen LogP contribution in [0.1, 0.15) is 5.76 Å². The van der Waals surface area contributed by atoms with E-state index in [2.05, 4.69) is 4.99 Å². The van der Waals surface area contributed by atoms with E-state index in [1.807, 2.05) is 4.90 Å². The van der Waals surface area contributed by atoms with Crippen LogP contribution >= 0.6 is 23.4 Å². The first kappa shape index (κ1) is 18.7. The van der Waals surface area contributed by atoms with E-state index < -0.39 is 4.92 Å². The minimum Gasteiger partial charge on any atom is -0.457 e. The Balaban J connectivity index is 1.55. The monoisotopic (exact) mass is 419 g/mol. The number of thioether (sulfide) groups is 1. The summed E-state index contributed by atoms with van der Waals surface area (Å²) in [6.07, 6.45) is 1.61. The quantitative estimate of drug-likeness (QED) is 0.423. The molecule has 4 rings (SSSR count). The second-order valence-electron chi connectivity index (χ2n) is 6.03. The van der Waals surface area contributed by atoms with Crippen LogP contribution in [0.4, 0.5) is 5.69 Å². The van der Waals surface area contributed by atoms with E-state index in [0.717, 1.165) is 0 Å². The van der Waals surface area contributed by atoms with Gasteiger partial charge in [-0.25, -0.2) is 0 Å². The maximum absolute atomic E-state index is 12.2.